The van der Waals surface area contributed by atoms with Crippen LogP contribution in [0.3, 0.4) is 0 Å². The van der Waals surface area contributed by atoms with Crippen molar-refractivity contribution in [2.24, 2.45) is 0 Å². The molecule has 1 aliphatic carbocycles. The fourth-order valence-corrected chi connectivity index (χ4v) is 3.40. The number of pyridine rings is 1. The number of aromatic nitrogens is 1. The molecule has 1 aromatic carbocycles. The Hall–Kier alpha value is -2.16. The number of benzene rings is 1. The van der Waals surface area contributed by atoms with Crippen molar-refractivity contribution in [1.82, 2.24) is 4.98 Å². The number of carbonyl (C=O) groups excluding carboxylic acids is 1. The third kappa shape index (κ3) is 2.89. The third-order valence-electron chi connectivity index (χ3n) is 4.63. The maximum atomic E-state index is 13.1. The molecule has 1 aromatic heterocycles. The zero-order chi connectivity index (χ0) is 15.4. The summed E-state index contributed by atoms with van der Waals surface area (Å²) in [6.07, 6.45) is 6.97. The highest BCUT2D eigenvalue weighted by Crippen LogP contribution is 2.40. The van der Waals surface area contributed by atoms with Gasteiger partial charge in [-0.15, -0.1) is 0 Å². The van der Waals surface area contributed by atoms with Crippen LogP contribution in [0.1, 0.15) is 43.2 Å². The van der Waals surface area contributed by atoms with Crippen LogP contribution in [0, 0.1) is 6.92 Å². The number of nitrogens with zero attached hydrogens (tertiary/aromatic N) is 1. The van der Waals surface area contributed by atoms with Crippen LogP contribution in [-0.4, -0.2) is 10.9 Å². The van der Waals surface area contributed by atoms with Crippen LogP contribution in [0.4, 0.5) is 5.82 Å². The standard InChI is InChI=1S/C19H22N2O/c1-15-10-13-20-17(14-15)21-18(22)19(11-6-3-7-12-19)16-8-4-2-5-9-16/h2,4-5,8-10,13-14H,3,6-7,11-12H2,1H3,(H,20,21,22). The fraction of sp³-hybridized carbons (Fsp3) is 0.368. The summed E-state index contributed by atoms with van der Waals surface area (Å²) < 4.78 is 0. The van der Waals surface area contributed by atoms with Crippen LogP contribution >= 0.6 is 0 Å². The summed E-state index contributed by atoms with van der Waals surface area (Å²) in [4.78, 5) is 17.3. The molecule has 3 heteroatoms. The lowest BCUT2D eigenvalue weighted by molar-refractivity contribution is -0.122. The lowest BCUT2D eigenvalue weighted by atomic mass is 9.68. The van der Waals surface area contributed by atoms with Crippen molar-refractivity contribution in [3.05, 3.63) is 59.8 Å². The highest BCUT2D eigenvalue weighted by molar-refractivity contribution is 5.98. The molecular weight excluding hydrogens is 272 g/mol. The van der Waals surface area contributed by atoms with Crippen LogP contribution in [0.5, 0.6) is 0 Å². The number of aryl methyl sites for hydroxylation is 1. The summed E-state index contributed by atoms with van der Waals surface area (Å²) in [6, 6.07) is 14.0. The number of carbonyl (C=O) groups is 1. The Bertz CT molecular complexity index is 645. The molecule has 0 unspecified atom stereocenters. The van der Waals surface area contributed by atoms with Gasteiger partial charge in [0.1, 0.15) is 5.82 Å². The molecule has 3 nitrogen and oxygen atoms in total. The van der Waals surface area contributed by atoms with Gasteiger partial charge in [-0.05, 0) is 43.0 Å². The van der Waals surface area contributed by atoms with Gasteiger partial charge in [-0.3, -0.25) is 4.79 Å². The summed E-state index contributed by atoms with van der Waals surface area (Å²) in [5, 5.41) is 3.04. The minimum atomic E-state index is -0.412. The Morgan fingerprint density at radius 3 is 2.50 bits per heavy atom. The molecule has 3 rings (SSSR count). The molecule has 1 N–H and O–H groups in total. The molecule has 1 aliphatic rings. The van der Waals surface area contributed by atoms with Crippen molar-refractivity contribution in [2.45, 2.75) is 44.4 Å². The Kier molecular flexibility index (Phi) is 4.23. The minimum Gasteiger partial charge on any atom is -0.310 e. The Labute approximate surface area is 131 Å². The smallest absolute Gasteiger partial charge is 0.236 e. The van der Waals surface area contributed by atoms with Gasteiger partial charge in [0, 0.05) is 6.20 Å². The molecule has 0 aliphatic heterocycles. The number of rotatable bonds is 3. The zero-order valence-electron chi connectivity index (χ0n) is 13.0. The molecule has 0 saturated heterocycles. The van der Waals surface area contributed by atoms with Crippen LogP contribution in [0.15, 0.2) is 48.7 Å². The predicted molar refractivity (Wildman–Crippen MR) is 88.8 cm³/mol. The van der Waals surface area contributed by atoms with E-state index in [4.69, 9.17) is 0 Å². The monoisotopic (exact) mass is 294 g/mol. The average molecular weight is 294 g/mol. The van der Waals surface area contributed by atoms with Crippen LogP contribution in [0.2, 0.25) is 0 Å². The van der Waals surface area contributed by atoms with E-state index in [1.54, 1.807) is 6.20 Å². The molecule has 114 valence electrons. The Morgan fingerprint density at radius 1 is 1.09 bits per heavy atom. The van der Waals surface area contributed by atoms with E-state index in [0.29, 0.717) is 5.82 Å². The zero-order valence-corrected chi connectivity index (χ0v) is 13.0. The van der Waals surface area contributed by atoms with Crippen molar-refractivity contribution >= 4 is 11.7 Å². The van der Waals surface area contributed by atoms with Gasteiger partial charge in [0.25, 0.3) is 0 Å². The number of hydrogen-bond donors (Lipinski definition) is 1. The van der Waals surface area contributed by atoms with Crippen molar-refractivity contribution in [1.29, 1.82) is 0 Å². The number of hydrogen-bond acceptors (Lipinski definition) is 2. The van der Waals surface area contributed by atoms with Gasteiger partial charge in [-0.2, -0.15) is 0 Å². The summed E-state index contributed by atoms with van der Waals surface area (Å²) in [6.45, 7) is 2.00. The van der Waals surface area contributed by atoms with Gasteiger partial charge >= 0.3 is 0 Å². The van der Waals surface area contributed by atoms with E-state index in [1.807, 2.05) is 37.3 Å². The Balaban J connectivity index is 1.91. The summed E-state index contributed by atoms with van der Waals surface area (Å²) >= 11 is 0. The first-order valence-corrected chi connectivity index (χ1v) is 8.00. The predicted octanol–water partition coefficient (Wildman–Crippen LogP) is 4.23. The van der Waals surface area contributed by atoms with Crippen LogP contribution in [-0.2, 0) is 10.2 Å². The van der Waals surface area contributed by atoms with Gasteiger partial charge in [0.05, 0.1) is 5.41 Å². The van der Waals surface area contributed by atoms with Crippen LogP contribution in [0.25, 0.3) is 0 Å². The topological polar surface area (TPSA) is 42.0 Å². The average Bonchev–Trinajstić information content (AvgIpc) is 2.56. The largest absolute Gasteiger partial charge is 0.310 e. The number of nitrogens with one attached hydrogen (secondary N) is 1. The molecule has 0 atom stereocenters. The normalized spacial score (nSPS) is 17.0. The Morgan fingerprint density at radius 2 is 1.82 bits per heavy atom. The van der Waals surface area contributed by atoms with Gasteiger partial charge in [-0.25, -0.2) is 4.98 Å². The molecule has 1 heterocycles. The lowest BCUT2D eigenvalue weighted by Crippen LogP contribution is -2.42. The molecule has 0 bridgehead atoms. The van der Waals surface area contributed by atoms with Gasteiger partial charge in [-0.1, -0.05) is 49.6 Å². The SMILES string of the molecule is Cc1ccnc(NC(=O)C2(c3ccccc3)CCCCC2)c1. The van der Waals surface area contributed by atoms with E-state index >= 15 is 0 Å². The number of anilines is 1. The summed E-state index contributed by atoms with van der Waals surface area (Å²) in [5.74, 6) is 0.724. The molecule has 1 amide bonds. The second kappa shape index (κ2) is 6.30. The molecule has 0 spiro atoms. The van der Waals surface area contributed by atoms with E-state index < -0.39 is 5.41 Å². The van der Waals surface area contributed by atoms with Crippen molar-refractivity contribution in [3.63, 3.8) is 0 Å². The van der Waals surface area contributed by atoms with E-state index in [9.17, 15) is 4.79 Å². The van der Waals surface area contributed by atoms with Crippen LogP contribution < -0.4 is 5.32 Å². The third-order valence-corrected chi connectivity index (χ3v) is 4.63. The minimum absolute atomic E-state index is 0.0801. The van der Waals surface area contributed by atoms with Crippen molar-refractivity contribution < 1.29 is 4.79 Å². The molecule has 1 fully saturated rings. The highest BCUT2D eigenvalue weighted by Gasteiger charge is 2.41. The second-order valence-corrected chi connectivity index (χ2v) is 6.18. The van der Waals surface area contributed by atoms with E-state index in [-0.39, 0.29) is 5.91 Å². The molecule has 0 radical (unpaired) electrons. The highest BCUT2D eigenvalue weighted by atomic mass is 16.2. The summed E-state index contributed by atoms with van der Waals surface area (Å²) in [5.41, 5.74) is 1.81. The second-order valence-electron chi connectivity index (χ2n) is 6.18. The number of amides is 1. The maximum Gasteiger partial charge on any atom is 0.236 e. The van der Waals surface area contributed by atoms with E-state index in [2.05, 4.69) is 22.4 Å². The van der Waals surface area contributed by atoms with Gasteiger partial charge in [0.15, 0.2) is 0 Å². The molecule has 22 heavy (non-hydrogen) atoms. The first-order chi connectivity index (χ1) is 10.7. The lowest BCUT2D eigenvalue weighted by Gasteiger charge is -2.36. The summed E-state index contributed by atoms with van der Waals surface area (Å²) in [7, 11) is 0. The molecule has 1 saturated carbocycles. The first kappa shape index (κ1) is 14.8. The quantitative estimate of drug-likeness (QED) is 0.920. The molecular formula is C19H22N2O. The first-order valence-electron chi connectivity index (χ1n) is 8.00. The van der Waals surface area contributed by atoms with Gasteiger partial charge in [0.2, 0.25) is 5.91 Å². The molecule has 2 aromatic rings. The fourth-order valence-electron chi connectivity index (χ4n) is 3.40. The maximum absolute atomic E-state index is 13.1. The van der Waals surface area contributed by atoms with Crippen molar-refractivity contribution in [3.8, 4) is 0 Å². The van der Waals surface area contributed by atoms with E-state index in [1.165, 1.54) is 6.42 Å². The van der Waals surface area contributed by atoms with Gasteiger partial charge < -0.3 is 5.32 Å². The van der Waals surface area contributed by atoms with E-state index in [0.717, 1.165) is 36.8 Å². The van der Waals surface area contributed by atoms with Crippen molar-refractivity contribution in [2.75, 3.05) is 5.32 Å².